The molecule has 20 heavy (non-hydrogen) atoms. The highest BCUT2D eigenvalue weighted by molar-refractivity contribution is 5.57. The Morgan fingerprint density at radius 2 is 1.90 bits per heavy atom. The molecule has 0 amide bonds. The highest BCUT2D eigenvalue weighted by atomic mass is 16.1. The predicted octanol–water partition coefficient (Wildman–Crippen LogP) is 4.36. The Morgan fingerprint density at radius 1 is 1.20 bits per heavy atom. The van der Waals surface area contributed by atoms with Crippen molar-refractivity contribution >= 4 is 12.6 Å². The second-order valence-electron chi connectivity index (χ2n) is 6.90. The molecule has 2 aliphatic rings. The third-order valence-corrected chi connectivity index (χ3v) is 4.36. The SMILES string of the molecule is CC1(C)C=CC(C=O)CC1.CC1=CC(C)C(C=O)CC1. The van der Waals surface area contributed by atoms with E-state index >= 15 is 0 Å². The van der Waals surface area contributed by atoms with Crippen molar-refractivity contribution in [2.45, 2.75) is 53.4 Å². The quantitative estimate of drug-likeness (QED) is 0.555. The van der Waals surface area contributed by atoms with Crippen LogP contribution in [-0.2, 0) is 9.59 Å². The molecule has 0 saturated heterocycles. The fourth-order valence-electron chi connectivity index (χ4n) is 2.72. The monoisotopic (exact) mass is 276 g/mol. The fourth-order valence-corrected chi connectivity index (χ4v) is 2.72. The van der Waals surface area contributed by atoms with Gasteiger partial charge in [-0.05, 0) is 43.9 Å². The maximum atomic E-state index is 10.4. The van der Waals surface area contributed by atoms with E-state index in [0.29, 0.717) is 11.3 Å². The zero-order valence-electron chi connectivity index (χ0n) is 13.3. The third kappa shape index (κ3) is 5.44. The summed E-state index contributed by atoms with van der Waals surface area (Å²) in [5, 5.41) is 0. The van der Waals surface area contributed by atoms with Crippen molar-refractivity contribution in [3.8, 4) is 0 Å². The summed E-state index contributed by atoms with van der Waals surface area (Å²) in [6.45, 7) is 8.65. The molecule has 112 valence electrons. The summed E-state index contributed by atoms with van der Waals surface area (Å²) < 4.78 is 0. The fraction of sp³-hybridized carbons (Fsp3) is 0.667. The molecule has 0 spiro atoms. The molecule has 0 fully saturated rings. The zero-order chi connectivity index (χ0) is 15.2. The molecule has 0 aromatic heterocycles. The minimum Gasteiger partial charge on any atom is -0.303 e. The molecular formula is C18H28O2. The number of carbonyl (C=O) groups is 2. The van der Waals surface area contributed by atoms with Crippen LogP contribution in [0.1, 0.15) is 53.4 Å². The van der Waals surface area contributed by atoms with Crippen molar-refractivity contribution in [3.05, 3.63) is 23.8 Å². The average molecular weight is 276 g/mol. The second-order valence-corrected chi connectivity index (χ2v) is 6.90. The number of rotatable bonds is 2. The van der Waals surface area contributed by atoms with Crippen LogP contribution in [0.2, 0.25) is 0 Å². The van der Waals surface area contributed by atoms with Crippen LogP contribution in [0.3, 0.4) is 0 Å². The van der Waals surface area contributed by atoms with Gasteiger partial charge in [-0.2, -0.15) is 0 Å². The number of aldehydes is 2. The highest BCUT2D eigenvalue weighted by Crippen LogP contribution is 2.31. The summed E-state index contributed by atoms with van der Waals surface area (Å²) in [7, 11) is 0. The lowest BCUT2D eigenvalue weighted by atomic mass is 9.79. The number of hydrogen-bond donors (Lipinski definition) is 0. The summed E-state index contributed by atoms with van der Waals surface area (Å²) in [6, 6.07) is 0. The van der Waals surface area contributed by atoms with Crippen LogP contribution in [0.4, 0.5) is 0 Å². The van der Waals surface area contributed by atoms with E-state index < -0.39 is 0 Å². The predicted molar refractivity (Wildman–Crippen MR) is 83.4 cm³/mol. The summed E-state index contributed by atoms with van der Waals surface area (Å²) in [6.07, 6.45) is 12.8. The molecule has 0 saturated carbocycles. The maximum Gasteiger partial charge on any atom is 0.126 e. The molecule has 2 heteroatoms. The van der Waals surface area contributed by atoms with Gasteiger partial charge in [-0.25, -0.2) is 0 Å². The Morgan fingerprint density at radius 3 is 2.35 bits per heavy atom. The first-order valence-corrected chi connectivity index (χ1v) is 7.65. The van der Waals surface area contributed by atoms with Gasteiger partial charge in [-0.3, -0.25) is 0 Å². The highest BCUT2D eigenvalue weighted by Gasteiger charge is 2.20. The van der Waals surface area contributed by atoms with Gasteiger partial charge in [0, 0.05) is 11.8 Å². The van der Waals surface area contributed by atoms with Gasteiger partial charge in [0.25, 0.3) is 0 Å². The number of hydrogen-bond acceptors (Lipinski definition) is 2. The van der Waals surface area contributed by atoms with Crippen molar-refractivity contribution < 1.29 is 9.59 Å². The first kappa shape index (κ1) is 16.9. The van der Waals surface area contributed by atoms with Crippen molar-refractivity contribution in [2.24, 2.45) is 23.2 Å². The minimum atomic E-state index is 0.188. The summed E-state index contributed by atoms with van der Waals surface area (Å²) in [4.78, 5) is 20.8. The number of carbonyl (C=O) groups excluding carboxylic acids is 2. The molecule has 3 atom stereocenters. The lowest BCUT2D eigenvalue weighted by molar-refractivity contribution is -0.112. The van der Waals surface area contributed by atoms with Crippen LogP contribution in [0, 0.1) is 23.2 Å². The Hall–Kier alpha value is -1.18. The van der Waals surface area contributed by atoms with Crippen molar-refractivity contribution in [1.29, 1.82) is 0 Å². The largest absolute Gasteiger partial charge is 0.303 e. The summed E-state index contributed by atoms with van der Waals surface area (Å²) >= 11 is 0. The zero-order valence-corrected chi connectivity index (χ0v) is 13.3. The summed E-state index contributed by atoms with van der Waals surface area (Å²) in [5.41, 5.74) is 1.75. The molecule has 0 aromatic carbocycles. The van der Waals surface area contributed by atoms with E-state index in [2.05, 4.69) is 39.8 Å². The van der Waals surface area contributed by atoms with E-state index in [4.69, 9.17) is 0 Å². The minimum absolute atomic E-state index is 0.188. The lowest BCUT2D eigenvalue weighted by Crippen LogP contribution is -2.15. The van der Waals surface area contributed by atoms with E-state index in [1.165, 1.54) is 5.57 Å². The third-order valence-electron chi connectivity index (χ3n) is 4.36. The van der Waals surface area contributed by atoms with Crippen LogP contribution in [0.5, 0.6) is 0 Å². The topological polar surface area (TPSA) is 34.1 Å². The van der Waals surface area contributed by atoms with Gasteiger partial charge in [0.2, 0.25) is 0 Å². The van der Waals surface area contributed by atoms with E-state index in [1.54, 1.807) is 0 Å². The van der Waals surface area contributed by atoms with Crippen LogP contribution in [0.15, 0.2) is 23.8 Å². The standard InChI is InChI=1S/2C9H14O/c1-9(2)5-3-8(7-10)4-6-9;1-7-3-4-9(6-10)8(2)5-7/h3,5,7-8H,4,6H2,1-2H3;5-6,8-9H,3-4H2,1-2H3. The molecule has 0 aromatic rings. The molecule has 0 aliphatic heterocycles. The smallest absolute Gasteiger partial charge is 0.126 e. The van der Waals surface area contributed by atoms with Gasteiger partial charge in [-0.15, -0.1) is 0 Å². The molecule has 2 nitrogen and oxygen atoms in total. The van der Waals surface area contributed by atoms with Crippen LogP contribution >= 0.6 is 0 Å². The Labute approximate surface area is 123 Å². The molecule has 0 bridgehead atoms. The first-order valence-electron chi connectivity index (χ1n) is 7.65. The van der Waals surface area contributed by atoms with Gasteiger partial charge < -0.3 is 9.59 Å². The Bertz CT molecular complexity index is 390. The molecule has 3 unspecified atom stereocenters. The first-order chi connectivity index (χ1) is 9.38. The second kappa shape index (κ2) is 7.56. The Balaban J connectivity index is 0.000000200. The van der Waals surface area contributed by atoms with Crippen LogP contribution in [-0.4, -0.2) is 12.6 Å². The normalized spacial score (nSPS) is 31.6. The van der Waals surface area contributed by atoms with E-state index in [-0.39, 0.29) is 11.8 Å². The maximum absolute atomic E-state index is 10.4. The Kier molecular flexibility index (Phi) is 6.38. The van der Waals surface area contributed by atoms with Crippen LogP contribution < -0.4 is 0 Å². The van der Waals surface area contributed by atoms with Crippen molar-refractivity contribution in [1.82, 2.24) is 0 Å². The molecule has 0 radical (unpaired) electrons. The van der Waals surface area contributed by atoms with Gasteiger partial charge in [0.15, 0.2) is 0 Å². The van der Waals surface area contributed by atoms with E-state index in [0.717, 1.165) is 38.3 Å². The van der Waals surface area contributed by atoms with Gasteiger partial charge in [0.05, 0.1) is 0 Å². The molecule has 2 rings (SSSR count). The molecule has 2 aliphatic carbocycles. The van der Waals surface area contributed by atoms with Crippen LogP contribution in [0.25, 0.3) is 0 Å². The molecule has 0 N–H and O–H groups in total. The van der Waals surface area contributed by atoms with E-state index in [9.17, 15) is 9.59 Å². The van der Waals surface area contributed by atoms with E-state index in [1.807, 2.05) is 6.08 Å². The number of allylic oxidation sites excluding steroid dienone is 4. The molecular weight excluding hydrogens is 248 g/mol. The van der Waals surface area contributed by atoms with Gasteiger partial charge >= 0.3 is 0 Å². The lowest BCUT2D eigenvalue weighted by Gasteiger charge is -2.25. The van der Waals surface area contributed by atoms with Crippen molar-refractivity contribution in [3.63, 3.8) is 0 Å². The molecule has 0 heterocycles. The van der Waals surface area contributed by atoms with Gasteiger partial charge in [-0.1, -0.05) is 44.6 Å². The average Bonchev–Trinajstić information content (AvgIpc) is 2.40. The van der Waals surface area contributed by atoms with Gasteiger partial charge in [0.1, 0.15) is 12.6 Å². The summed E-state index contributed by atoms with van der Waals surface area (Å²) in [5.74, 6) is 0.933. The van der Waals surface area contributed by atoms with Crippen molar-refractivity contribution in [2.75, 3.05) is 0 Å².